The molecule has 114 valence electrons. The molecule has 0 fully saturated rings. The largest absolute Gasteiger partial charge is 0.313 e. The topological polar surface area (TPSA) is 29.9 Å². The maximum absolute atomic E-state index is 4.77. The molecule has 21 heavy (non-hydrogen) atoms. The van der Waals surface area contributed by atoms with Crippen LogP contribution in [-0.2, 0) is 6.54 Å². The Hall–Kier alpha value is -1.61. The molecule has 0 bridgehead atoms. The molecule has 3 nitrogen and oxygen atoms in total. The summed E-state index contributed by atoms with van der Waals surface area (Å²) in [6.07, 6.45) is 1.08. The minimum atomic E-state index is 0.386. The second kappa shape index (κ2) is 6.44. The third-order valence-corrected chi connectivity index (χ3v) is 4.37. The van der Waals surface area contributed by atoms with Crippen molar-refractivity contribution in [2.75, 3.05) is 7.05 Å². The molecule has 1 atom stereocenters. The Morgan fingerprint density at radius 3 is 2.52 bits per heavy atom. The standard InChI is InChI=1S/C18H27N3/c1-7-17(19-6)18-14(4)20-21(15(18)5)11-16-10-12(2)8-9-13(16)3/h8-10,17,19H,7,11H2,1-6H3. The lowest BCUT2D eigenvalue weighted by Crippen LogP contribution is -2.17. The minimum absolute atomic E-state index is 0.386. The van der Waals surface area contributed by atoms with E-state index in [0.717, 1.165) is 18.7 Å². The Bertz CT molecular complexity index is 622. The van der Waals surface area contributed by atoms with Gasteiger partial charge in [-0.2, -0.15) is 5.10 Å². The molecule has 1 aromatic heterocycles. The van der Waals surface area contributed by atoms with E-state index in [0.29, 0.717) is 6.04 Å². The molecule has 0 aliphatic heterocycles. The lowest BCUT2D eigenvalue weighted by Gasteiger charge is -2.15. The van der Waals surface area contributed by atoms with Gasteiger partial charge < -0.3 is 5.32 Å². The molecule has 0 spiro atoms. The van der Waals surface area contributed by atoms with E-state index in [1.807, 2.05) is 7.05 Å². The minimum Gasteiger partial charge on any atom is -0.313 e. The van der Waals surface area contributed by atoms with Crippen LogP contribution >= 0.6 is 0 Å². The lowest BCUT2D eigenvalue weighted by atomic mass is 10.0. The van der Waals surface area contributed by atoms with Gasteiger partial charge in [0.1, 0.15) is 0 Å². The fourth-order valence-corrected chi connectivity index (χ4v) is 3.05. The summed E-state index contributed by atoms with van der Waals surface area (Å²) in [7, 11) is 2.02. The maximum Gasteiger partial charge on any atom is 0.0665 e. The molecule has 0 amide bonds. The summed E-state index contributed by atoms with van der Waals surface area (Å²) in [5, 5.41) is 8.16. The molecule has 1 N–H and O–H groups in total. The van der Waals surface area contributed by atoms with Crippen molar-refractivity contribution in [2.24, 2.45) is 0 Å². The van der Waals surface area contributed by atoms with Gasteiger partial charge in [0.25, 0.3) is 0 Å². The third kappa shape index (κ3) is 3.18. The van der Waals surface area contributed by atoms with Crippen LogP contribution in [0.3, 0.4) is 0 Å². The Morgan fingerprint density at radius 1 is 1.19 bits per heavy atom. The third-order valence-electron chi connectivity index (χ3n) is 4.37. The molecule has 1 heterocycles. The van der Waals surface area contributed by atoms with E-state index in [1.165, 1.54) is 27.9 Å². The van der Waals surface area contributed by atoms with Crippen molar-refractivity contribution in [1.29, 1.82) is 0 Å². The van der Waals surface area contributed by atoms with Crippen molar-refractivity contribution >= 4 is 0 Å². The van der Waals surface area contributed by atoms with Crippen molar-refractivity contribution in [1.82, 2.24) is 15.1 Å². The maximum atomic E-state index is 4.77. The molecule has 0 aliphatic rings. The van der Waals surface area contributed by atoms with Crippen molar-refractivity contribution in [3.8, 4) is 0 Å². The number of aromatic nitrogens is 2. The summed E-state index contributed by atoms with van der Waals surface area (Å²) in [4.78, 5) is 0. The highest BCUT2D eigenvalue weighted by Crippen LogP contribution is 2.24. The van der Waals surface area contributed by atoms with Gasteiger partial charge in [-0.25, -0.2) is 0 Å². The van der Waals surface area contributed by atoms with Crippen molar-refractivity contribution in [3.05, 3.63) is 51.8 Å². The van der Waals surface area contributed by atoms with E-state index < -0.39 is 0 Å². The molecular formula is C18H27N3. The van der Waals surface area contributed by atoms with E-state index in [1.54, 1.807) is 0 Å². The van der Waals surface area contributed by atoms with Crippen LogP contribution in [-0.4, -0.2) is 16.8 Å². The number of hydrogen-bond acceptors (Lipinski definition) is 2. The number of aryl methyl sites for hydroxylation is 3. The normalized spacial score (nSPS) is 12.7. The van der Waals surface area contributed by atoms with Crippen LogP contribution in [0, 0.1) is 27.7 Å². The van der Waals surface area contributed by atoms with Crippen LogP contribution in [0.15, 0.2) is 18.2 Å². The van der Waals surface area contributed by atoms with E-state index in [-0.39, 0.29) is 0 Å². The fourth-order valence-electron chi connectivity index (χ4n) is 3.05. The van der Waals surface area contributed by atoms with Gasteiger partial charge in [0.15, 0.2) is 0 Å². The predicted molar refractivity (Wildman–Crippen MR) is 88.8 cm³/mol. The van der Waals surface area contributed by atoms with Gasteiger partial charge in [0.05, 0.1) is 12.2 Å². The monoisotopic (exact) mass is 285 g/mol. The van der Waals surface area contributed by atoms with Gasteiger partial charge >= 0.3 is 0 Å². The van der Waals surface area contributed by atoms with Gasteiger partial charge in [0.2, 0.25) is 0 Å². The van der Waals surface area contributed by atoms with Crippen LogP contribution in [0.4, 0.5) is 0 Å². The van der Waals surface area contributed by atoms with E-state index in [9.17, 15) is 0 Å². The summed E-state index contributed by atoms with van der Waals surface area (Å²) >= 11 is 0. The average Bonchev–Trinajstić information content (AvgIpc) is 2.72. The Balaban J connectivity index is 2.38. The molecule has 0 saturated heterocycles. The van der Waals surface area contributed by atoms with Gasteiger partial charge in [-0.05, 0) is 52.3 Å². The van der Waals surface area contributed by atoms with Gasteiger partial charge in [-0.15, -0.1) is 0 Å². The molecule has 0 saturated carbocycles. The summed E-state index contributed by atoms with van der Waals surface area (Å²) in [5.74, 6) is 0. The zero-order chi connectivity index (χ0) is 15.6. The van der Waals surface area contributed by atoms with Gasteiger partial charge in [0, 0.05) is 17.3 Å². The first-order valence-corrected chi connectivity index (χ1v) is 7.75. The molecule has 2 aromatic rings. The molecule has 1 unspecified atom stereocenters. The summed E-state index contributed by atoms with van der Waals surface area (Å²) < 4.78 is 2.15. The van der Waals surface area contributed by atoms with E-state index in [4.69, 9.17) is 5.10 Å². The Morgan fingerprint density at radius 2 is 1.90 bits per heavy atom. The van der Waals surface area contributed by atoms with Crippen LogP contribution in [0.25, 0.3) is 0 Å². The van der Waals surface area contributed by atoms with E-state index >= 15 is 0 Å². The molecule has 0 radical (unpaired) electrons. The highest BCUT2D eigenvalue weighted by atomic mass is 15.3. The summed E-state index contributed by atoms with van der Waals surface area (Å²) in [5.41, 5.74) is 7.75. The van der Waals surface area contributed by atoms with Crippen molar-refractivity contribution in [3.63, 3.8) is 0 Å². The predicted octanol–water partition coefficient (Wildman–Crippen LogP) is 3.84. The zero-order valence-corrected chi connectivity index (χ0v) is 14.1. The summed E-state index contributed by atoms with van der Waals surface area (Å²) in [6.45, 7) is 11.7. The van der Waals surface area contributed by atoms with Crippen LogP contribution in [0.1, 0.15) is 53.0 Å². The number of nitrogens with zero attached hydrogens (tertiary/aromatic N) is 2. The van der Waals surface area contributed by atoms with Gasteiger partial charge in [-0.1, -0.05) is 30.7 Å². The highest BCUT2D eigenvalue weighted by Gasteiger charge is 2.18. The Kier molecular flexibility index (Phi) is 4.84. The van der Waals surface area contributed by atoms with Gasteiger partial charge in [-0.3, -0.25) is 4.68 Å². The van der Waals surface area contributed by atoms with Crippen molar-refractivity contribution < 1.29 is 0 Å². The quantitative estimate of drug-likeness (QED) is 0.904. The lowest BCUT2D eigenvalue weighted by molar-refractivity contribution is 0.568. The highest BCUT2D eigenvalue weighted by molar-refractivity contribution is 5.33. The smallest absolute Gasteiger partial charge is 0.0665 e. The second-order valence-corrected chi connectivity index (χ2v) is 5.92. The van der Waals surface area contributed by atoms with E-state index in [2.05, 4.69) is 62.8 Å². The summed E-state index contributed by atoms with van der Waals surface area (Å²) in [6, 6.07) is 7.01. The molecule has 0 aliphatic carbocycles. The first kappa shape index (κ1) is 15.8. The Labute approximate surface area is 128 Å². The van der Waals surface area contributed by atoms with Crippen LogP contribution in [0.2, 0.25) is 0 Å². The number of nitrogens with one attached hydrogen (secondary N) is 1. The molecule has 3 heteroatoms. The zero-order valence-electron chi connectivity index (χ0n) is 14.1. The second-order valence-electron chi connectivity index (χ2n) is 5.92. The van der Waals surface area contributed by atoms with Crippen molar-refractivity contribution in [2.45, 2.75) is 53.6 Å². The number of hydrogen-bond donors (Lipinski definition) is 1. The first-order valence-electron chi connectivity index (χ1n) is 7.75. The fraction of sp³-hybridized carbons (Fsp3) is 0.500. The molecule has 1 aromatic carbocycles. The average molecular weight is 285 g/mol. The first-order chi connectivity index (χ1) is 9.97. The van der Waals surface area contributed by atoms with Crippen LogP contribution in [0.5, 0.6) is 0 Å². The number of rotatable bonds is 5. The number of benzene rings is 1. The molecule has 2 rings (SSSR count). The molecular weight excluding hydrogens is 258 g/mol. The SMILES string of the molecule is CCC(NC)c1c(C)nn(Cc2cc(C)ccc2C)c1C. The van der Waals surface area contributed by atoms with Crippen LogP contribution < -0.4 is 5.32 Å².